The number of H-pyrrole nitrogens is 1. The Balaban J connectivity index is 2.32. The van der Waals surface area contributed by atoms with Crippen LogP contribution in [0.5, 0.6) is 0 Å². The first-order valence-corrected chi connectivity index (χ1v) is 5.86. The summed E-state index contributed by atoms with van der Waals surface area (Å²) in [5, 5.41) is 7.46. The minimum absolute atomic E-state index is 0.0158. The molecule has 1 atom stereocenters. The van der Waals surface area contributed by atoms with Gasteiger partial charge >= 0.3 is 0 Å². The highest BCUT2D eigenvalue weighted by atomic mass is 15.2. The third-order valence-electron chi connectivity index (χ3n) is 2.91. The molecular formula is C11H17N7. The lowest BCUT2D eigenvalue weighted by Crippen LogP contribution is -2.35. The zero-order valence-electron chi connectivity index (χ0n) is 10.5. The quantitative estimate of drug-likeness (QED) is 0.534. The first kappa shape index (κ1) is 12.3. The summed E-state index contributed by atoms with van der Waals surface area (Å²) in [7, 11) is 0. The van der Waals surface area contributed by atoms with Crippen LogP contribution in [-0.2, 0) is 0 Å². The van der Waals surface area contributed by atoms with Crippen LogP contribution in [-0.4, -0.2) is 38.9 Å². The van der Waals surface area contributed by atoms with Crippen LogP contribution in [0.15, 0.2) is 12.7 Å². The lowest BCUT2D eigenvalue weighted by molar-refractivity contribution is 0.691. The van der Waals surface area contributed by atoms with Gasteiger partial charge in [-0.15, -0.1) is 0 Å². The van der Waals surface area contributed by atoms with Crippen LogP contribution in [0.25, 0.3) is 11.2 Å². The van der Waals surface area contributed by atoms with E-state index in [2.05, 4.69) is 24.8 Å². The first-order chi connectivity index (χ1) is 8.63. The fraction of sp³-hybridized carbons (Fsp3) is 0.455. The Morgan fingerprint density at radius 2 is 2.28 bits per heavy atom. The molecule has 0 spiro atoms. The molecule has 4 N–H and O–H groups in total. The van der Waals surface area contributed by atoms with Crippen LogP contribution >= 0.6 is 0 Å². The number of hydrogen-bond acceptors (Lipinski definition) is 5. The van der Waals surface area contributed by atoms with Gasteiger partial charge in [-0.1, -0.05) is 6.92 Å². The van der Waals surface area contributed by atoms with Gasteiger partial charge in [-0.2, -0.15) is 0 Å². The maximum atomic E-state index is 7.46. The van der Waals surface area contributed by atoms with Gasteiger partial charge in [0, 0.05) is 19.0 Å². The molecule has 2 aromatic heterocycles. The third-order valence-corrected chi connectivity index (χ3v) is 2.91. The van der Waals surface area contributed by atoms with E-state index in [0.717, 1.165) is 17.9 Å². The second-order valence-electron chi connectivity index (χ2n) is 4.19. The molecule has 0 radical (unpaired) electrons. The van der Waals surface area contributed by atoms with Gasteiger partial charge in [0.1, 0.15) is 11.8 Å². The van der Waals surface area contributed by atoms with Crippen molar-refractivity contribution in [2.45, 2.75) is 13.8 Å². The molecule has 0 aromatic carbocycles. The number of amidine groups is 1. The Kier molecular flexibility index (Phi) is 3.40. The molecule has 0 aliphatic rings. The number of fused-ring (bicyclic) bond motifs is 1. The maximum Gasteiger partial charge on any atom is 0.182 e. The summed E-state index contributed by atoms with van der Waals surface area (Å²) in [6.07, 6.45) is 3.10. The monoisotopic (exact) mass is 247 g/mol. The molecule has 2 heterocycles. The normalized spacial score (nSPS) is 12.6. The molecule has 0 saturated heterocycles. The SMILES string of the molecule is CCN(CC(C)C(=N)N)c1ncnc2nc[nH]c12. The number of rotatable bonds is 5. The number of hydrogen-bond donors (Lipinski definition) is 3. The largest absolute Gasteiger partial charge is 0.387 e. The van der Waals surface area contributed by atoms with E-state index >= 15 is 0 Å². The van der Waals surface area contributed by atoms with Gasteiger partial charge in [0.25, 0.3) is 0 Å². The molecule has 0 aliphatic carbocycles. The van der Waals surface area contributed by atoms with Crippen LogP contribution in [0.2, 0.25) is 0 Å². The predicted molar refractivity (Wildman–Crippen MR) is 70.6 cm³/mol. The van der Waals surface area contributed by atoms with E-state index in [1.807, 2.05) is 13.8 Å². The van der Waals surface area contributed by atoms with Crippen molar-refractivity contribution in [1.82, 2.24) is 19.9 Å². The van der Waals surface area contributed by atoms with Gasteiger partial charge < -0.3 is 15.6 Å². The van der Waals surface area contributed by atoms with Gasteiger partial charge in [0.2, 0.25) is 0 Å². The molecule has 0 fully saturated rings. The molecule has 0 bridgehead atoms. The summed E-state index contributed by atoms with van der Waals surface area (Å²) < 4.78 is 0. The van der Waals surface area contributed by atoms with Gasteiger partial charge in [0.05, 0.1) is 12.2 Å². The van der Waals surface area contributed by atoms with Crippen molar-refractivity contribution in [3.05, 3.63) is 12.7 Å². The van der Waals surface area contributed by atoms with E-state index in [9.17, 15) is 0 Å². The number of imidazole rings is 1. The highest BCUT2D eigenvalue weighted by molar-refractivity contribution is 5.84. The summed E-state index contributed by atoms with van der Waals surface area (Å²) in [6, 6.07) is 0. The van der Waals surface area contributed by atoms with Crippen molar-refractivity contribution >= 4 is 22.8 Å². The number of nitrogens with two attached hydrogens (primary N) is 1. The molecule has 1 unspecified atom stereocenters. The number of aromatic nitrogens is 4. The van der Waals surface area contributed by atoms with Crippen LogP contribution in [0.1, 0.15) is 13.8 Å². The standard InChI is InChI=1S/C11H17N7/c1-3-18(4-7(2)9(12)13)11-8-10(15-5-14-8)16-6-17-11/h5-7H,3-4H2,1-2H3,(H3,12,13)(H,14,15,16,17). The number of anilines is 1. The van der Waals surface area contributed by atoms with E-state index < -0.39 is 0 Å². The Morgan fingerprint density at radius 1 is 1.50 bits per heavy atom. The van der Waals surface area contributed by atoms with Crippen LogP contribution in [0, 0.1) is 11.3 Å². The molecule has 0 aliphatic heterocycles. The van der Waals surface area contributed by atoms with E-state index in [-0.39, 0.29) is 11.8 Å². The summed E-state index contributed by atoms with van der Waals surface area (Å²) in [5.41, 5.74) is 6.98. The van der Waals surface area contributed by atoms with E-state index in [1.54, 1.807) is 6.33 Å². The summed E-state index contributed by atoms with van der Waals surface area (Å²) in [4.78, 5) is 17.6. The number of nitrogens with one attached hydrogen (secondary N) is 2. The average molecular weight is 247 g/mol. The van der Waals surface area contributed by atoms with Crippen LogP contribution in [0.4, 0.5) is 5.82 Å². The predicted octanol–water partition coefficient (Wildman–Crippen LogP) is 0.751. The van der Waals surface area contributed by atoms with Crippen molar-refractivity contribution in [2.24, 2.45) is 11.7 Å². The zero-order chi connectivity index (χ0) is 13.1. The lowest BCUT2D eigenvalue weighted by atomic mass is 10.1. The van der Waals surface area contributed by atoms with Crippen molar-refractivity contribution in [3.63, 3.8) is 0 Å². The number of aromatic amines is 1. The third kappa shape index (κ3) is 2.24. The van der Waals surface area contributed by atoms with Crippen molar-refractivity contribution in [2.75, 3.05) is 18.0 Å². The van der Waals surface area contributed by atoms with Crippen molar-refractivity contribution < 1.29 is 0 Å². The van der Waals surface area contributed by atoms with Gasteiger partial charge in [-0.05, 0) is 6.92 Å². The Hall–Kier alpha value is -2.18. The Labute approximate surface area is 105 Å². The fourth-order valence-corrected chi connectivity index (χ4v) is 1.79. The lowest BCUT2D eigenvalue weighted by Gasteiger charge is -2.25. The smallest absolute Gasteiger partial charge is 0.182 e. The maximum absolute atomic E-state index is 7.46. The minimum atomic E-state index is -0.0158. The zero-order valence-corrected chi connectivity index (χ0v) is 10.5. The minimum Gasteiger partial charge on any atom is -0.387 e. The van der Waals surface area contributed by atoms with Crippen LogP contribution < -0.4 is 10.6 Å². The topological polar surface area (TPSA) is 108 Å². The fourth-order valence-electron chi connectivity index (χ4n) is 1.79. The summed E-state index contributed by atoms with van der Waals surface area (Å²) in [6.45, 7) is 5.40. The van der Waals surface area contributed by atoms with E-state index in [0.29, 0.717) is 12.2 Å². The molecule has 96 valence electrons. The second-order valence-corrected chi connectivity index (χ2v) is 4.19. The van der Waals surface area contributed by atoms with Crippen molar-refractivity contribution in [3.8, 4) is 0 Å². The Bertz CT molecular complexity index is 547. The molecule has 2 aromatic rings. The Morgan fingerprint density at radius 3 is 2.94 bits per heavy atom. The molecule has 2 rings (SSSR count). The second kappa shape index (κ2) is 4.99. The number of nitrogens with zero attached hydrogens (tertiary/aromatic N) is 4. The van der Waals surface area contributed by atoms with Crippen LogP contribution in [0.3, 0.4) is 0 Å². The van der Waals surface area contributed by atoms with Gasteiger partial charge in [-0.25, -0.2) is 15.0 Å². The van der Waals surface area contributed by atoms with Gasteiger partial charge in [-0.3, -0.25) is 5.41 Å². The highest BCUT2D eigenvalue weighted by Gasteiger charge is 2.16. The average Bonchev–Trinajstić information content (AvgIpc) is 2.83. The van der Waals surface area contributed by atoms with Gasteiger partial charge in [0.15, 0.2) is 11.5 Å². The molecule has 0 amide bonds. The van der Waals surface area contributed by atoms with E-state index in [1.165, 1.54) is 6.33 Å². The summed E-state index contributed by atoms with van der Waals surface area (Å²) in [5.74, 6) is 0.967. The summed E-state index contributed by atoms with van der Waals surface area (Å²) >= 11 is 0. The van der Waals surface area contributed by atoms with Crippen molar-refractivity contribution in [1.29, 1.82) is 5.41 Å². The molecule has 7 heteroatoms. The molecule has 0 saturated carbocycles. The highest BCUT2D eigenvalue weighted by Crippen LogP contribution is 2.20. The first-order valence-electron chi connectivity index (χ1n) is 5.86. The van der Waals surface area contributed by atoms with E-state index in [4.69, 9.17) is 11.1 Å². The molecule has 7 nitrogen and oxygen atoms in total. The molecular weight excluding hydrogens is 230 g/mol. The molecule has 18 heavy (non-hydrogen) atoms.